The van der Waals surface area contributed by atoms with E-state index in [0.717, 1.165) is 56.1 Å². The van der Waals surface area contributed by atoms with Crippen LogP contribution in [0.4, 0.5) is 0 Å². The van der Waals surface area contributed by atoms with Crippen LogP contribution in [0.1, 0.15) is 110 Å². The molecular formula is C45H65NO12. The maximum atomic E-state index is 14.2. The van der Waals surface area contributed by atoms with Crippen molar-refractivity contribution in [1.82, 2.24) is 5.32 Å². The first-order valence-corrected chi connectivity index (χ1v) is 22.3. The molecule has 8 saturated heterocycles. The summed E-state index contributed by atoms with van der Waals surface area (Å²) in [6, 6.07) is 0. The highest BCUT2D eigenvalue weighted by atomic mass is 16.8. The van der Waals surface area contributed by atoms with Crippen molar-refractivity contribution in [3.05, 3.63) is 24.3 Å². The average molecular weight is 812 g/mol. The molecule has 322 valence electrons. The maximum absolute atomic E-state index is 14.2. The molecule has 8 heterocycles. The number of ketones is 2. The number of hydrogen-bond donors (Lipinski definition) is 2. The zero-order valence-corrected chi connectivity index (χ0v) is 34.6. The molecule has 1 spiro atoms. The summed E-state index contributed by atoms with van der Waals surface area (Å²) in [6.45, 7) is 12.6. The number of carbonyl (C=O) groups excluding carboxylic acids is 3. The minimum Gasteiger partial charge on any atom is -0.391 e. The Morgan fingerprint density at radius 1 is 0.845 bits per heavy atom. The van der Waals surface area contributed by atoms with E-state index in [2.05, 4.69) is 25.4 Å². The Balaban J connectivity index is 0.959. The number of ether oxygens (including phenoxy) is 8. The van der Waals surface area contributed by atoms with E-state index in [-0.39, 0.29) is 135 Å². The molecule has 13 heteroatoms. The van der Waals surface area contributed by atoms with Gasteiger partial charge >= 0.3 is 0 Å². The van der Waals surface area contributed by atoms with E-state index in [9.17, 15) is 19.5 Å². The summed E-state index contributed by atoms with van der Waals surface area (Å²) in [6.07, 6.45) is 5.34. The first-order valence-electron chi connectivity index (χ1n) is 22.3. The van der Waals surface area contributed by atoms with Crippen LogP contribution < -0.4 is 5.32 Å². The SMILES string of the molecule is C=C1CC2CCC34OC5CC3OC3C5CC5CCC(CC(=O)CC6C(CC7OC(CC(C)C7=C)CC1O2)OC(CC(O)CNC(=O)CCC(C)=O)C6OC)OC5C3O4. The Morgan fingerprint density at radius 2 is 1.66 bits per heavy atom. The highest BCUT2D eigenvalue weighted by molar-refractivity contribution is 5.83. The molecule has 13 nitrogen and oxygen atoms in total. The lowest BCUT2D eigenvalue weighted by Gasteiger charge is -2.55. The van der Waals surface area contributed by atoms with Crippen LogP contribution in [0.3, 0.4) is 0 Å². The second-order valence-corrected chi connectivity index (χ2v) is 19.3. The van der Waals surface area contributed by atoms with Gasteiger partial charge in [0.2, 0.25) is 5.91 Å². The Kier molecular flexibility index (Phi) is 11.9. The third kappa shape index (κ3) is 8.06. The van der Waals surface area contributed by atoms with Crippen molar-refractivity contribution in [3.8, 4) is 0 Å². The summed E-state index contributed by atoms with van der Waals surface area (Å²) >= 11 is 0. The van der Waals surface area contributed by atoms with Crippen LogP contribution in [-0.4, -0.2) is 127 Å². The molecule has 19 unspecified atom stereocenters. The fraction of sp³-hybridized carbons (Fsp3) is 0.844. The molecule has 0 aromatic carbocycles. The summed E-state index contributed by atoms with van der Waals surface area (Å²) in [7, 11) is 1.63. The van der Waals surface area contributed by atoms with E-state index in [4.69, 9.17) is 37.9 Å². The highest BCUT2D eigenvalue weighted by Crippen LogP contribution is 2.58. The van der Waals surface area contributed by atoms with Gasteiger partial charge in [0.15, 0.2) is 5.79 Å². The minimum atomic E-state index is -0.918. The summed E-state index contributed by atoms with van der Waals surface area (Å²) in [5.41, 5.74) is 2.10. The van der Waals surface area contributed by atoms with Crippen LogP contribution in [0.5, 0.6) is 0 Å². The van der Waals surface area contributed by atoms with Gasteiger partial charge in [-0.2, -0.15) is 0 Å². The van der Waals surface area contributed by atoms with Crippen LogP contribution in [0.2, 0.25) is 0 Å². The van der Waals surface area contributed by atoms with Gasteiger partial charge in [0, 0.05) is 83.3 Å². The van der Waals surface area contributed by atoms with Crippen LogP contribution in [0.15, 0.2) is 24.3 Å². The smallest absolute Gasteiger partial charge is 0.220 e. The molecule has 0 aromatic heterocycles. The van der Waals surface area contributed by atoms with Crippen molar-refractivity contribution in [2.45, 2.75) is 201 Å². The van der Waals surface area contributed by atoms with Crippen LogP contribution in [0, 0.1) is 23.7 Å². The first-order chi connectivity index (χ1) is 27.9. The molecule has 2 N–H and O–H groups in total. The van der Waals surface area contributed by atoms with E-state index in [0.29, 0.717) is 25.2 Å². The molecule has 0 radical (unpaired) electrons. The second-order valence-electron chi connectivity index (χ2n) is 19.3. The van der Waals surface area contributed by atoms with Gasteiger partial charge in [-0.25, -0.2) is 0 Å². The van der Waals surface area contributed by atoms with Gasteiger partial charge in [0.05, 0.1) is 73.2 Å². The Labute approximate surface area is 342 Å². The number of methoxy groups -OCH3 is 1. The van der Waals surface area contributed by atoms with Crippen molar-refractivity contribution in [2.24, 2.45) is 23.7 Å². The summed E-state index contributed by atoms with van der Waals surface area (Å²) in [5.74, 6) is -0.573. The normalized spacial score (nSPS) is 47.8. The topological polar surface area (TPSA) is 157 Å². The summed E-state index contributed by atoms with van der Waals surface area (Å²) in [5, 5.41) is 13.8. The largest absolute Gasteiger partial charge is 0.391 e. The van der Waals surface area contributed by atoms with E-state index < -0.39 is 30.2 Å². The maximum Gasteiger partial charge on any atom is 0.220 e. The van der Waals surface area contributed by atoms with E-state index >= 15 is 0 Å². The Hall–Kier alpha value is -2.07. The van der Waals surface area contributed by atoms with Gasteiger partial charge in [-0.3, -0.25) is 9.59 Å². The fourth-order valence-corrected chi connectivity index (χ4v) is 12.3. The molecule has 9 rings (SSSR count). The third-order valence-electron chi connectivity index (χ3n) is 15.3. The van der Waals surface area contributed by atoms with Crippen LogP contribution in [0.25, 0.3) is 0 Å². The summed E-state index contributed by atoms with van der Waals surface area (Å²) < 4.78 is 54.2. The molecule has 9 fully saturated rings. The lowest BCUT2D eigenvalue weighted by molar-refractivity contribution is -0.357. The minimum absolute atomic E-state index is 0.00588. The predicted octanol–water partition coefficient (Wildman–Crippen LogP) is 4.44. The average Bonchev–Trinajstić information content (AvgIpc) is 3.80. The molecule has 1 amide bonds. The monoisotopic (exact) mass is 811 g/mol. The van der Waals surface area contributed by atoms with Gasteiger partial charge in [-0.15, -0.1) is 0 Å². The van der Waals surface area contributed by atoms with Gasteiger partial charge in [-0.1, -0.05) is 20.1 Å². The molecule has 0 aromatic rings. The number of fused-ring (bicyclic) bond motifs is 8. The predicted molar refractivity (Wildman–Crippen MR) is 208 cm³/mol. The van der Waals surface area contributed by atoms with Gasteiger partial charge in [-0.05, 0) is 68.4 Å². The Morgan fingerprint density at radius 3 is 2.47 bits per heavy atom. The lowest BCUT2D eigenvalue weighted by atomic mass is 9.68. The zero-order chi connectivity index (χ0) is 40.5. The number of rotatable bonds is 8. The van der Waals surface area contributed by atoms with E-state index in [1.165, 1.54) is 6.92 Å². The molecule has 9 aliphatic rings. The summed E-state index contributed by atoms with van der Waals surface area (Å²) in [4.78, 5) is 37.9. The molecule has 58 heavy (non-hydrogen) atoms. The number of aliphatic hydroxyl groups excluding tert-OH is 1. The van der Waals surface area contributed by atoms with Crippen molar-refractivity contribution >= 4 is 17.5 Å². The Bertz CT molecular complexity index is 1600. The third-order valence-corrected chi connectivity index (χ3v) is 15.3. The molecule has 1 saturated carbocycles. The number of hydrogen-bond acceptors (Lipinski definition) is 12. The zero-order valence-electron chi connectivity index (χ0n) is 34.6. The van der Waals surface area contributed by atoms with Crippen LogP contribution in [-0.2, 0) is 52.3 Å². The second kappa shape index (κ2) is 16.7. The van der Waals surface area contributed by atoms with E-state index in [1.54, 1.807) is 7.11 Å². The fourth-order valence-electron chi connectivity index (χ4n) is 12.3. The number of aliphatic hydroxyl groups is 1. The number of nitrogens with one attached hydrogen (secondary N) is 1. The lowest BCUT2D eigenvalue weighted by Crippen LogP contribution is -2.66. The number of Topliss-reactive ketones (excluding diaryl/α,β-unsaturated/α-hetero) is 2. The van der Waals surface area contributed by atoms with Crippen molar-refractivity contribution in [1.29, 1.82) is 0 Å². The molecule has 19 atom stereocenters. The number of carbonyl (C=O) groups is 3. The van der Waals surface area contributed by atoms with Crippen molar-refractivity contribution < 1.29 is 57.4 Å². The quantitative estimate of drug-likeness (QED) is 0.333. The molecule has 1 aliphatic carbocycles. The van der Waals surface area contributed by atoms with Gasteiger partial charge in [0.25, 0.3) is 0 Å². The standard InChI is InChI=1S/C45H65NO12/c1-22-12-31-18-34-23(2)13-30(52-34)10-11-45-39-20-37(57-45)32-14-26-7-8-29(54-41(26)44(58-45)43(32)56-39)15-27(48)16-33-36(19-35(53-31)25(22)4)55-38(42(33)51-5)17-28(49)21-46-40(50)9-6-24(3)47/h22,26,28-39,41-44,49H,2,4,6-21H2,1,3,5H3,(H,46,50). The van der Waals surface area contributed by atoms with E-state index in [1.807, 2.05) is 0 Å². The molecular weight excluding hydrogens is 746 g/mol. The van der Waals surface area contributed by atoms with Crippen LogP contribution >= 0.6 is 0 Å². The van der Waals surface area contributed by atoms with Crippen molar-refractivity contribution in [3.63, 3.8) is 0 Å². The van der Waals surface area contributed by atoms with Gasteiger partial charge < -0.3 is 53.1 Å². The van der Waals surface area contributed by atoms with Crippen molar-refractivity contribution in [2.75, 3.05) is 13.7 Å². The first kappa shape index (κ1) is 41.3. The number of amides is 1. The molecule has 11 bridgehead atoms. The van der Waals surface area contributed by atoms with Gasteiger partial charge in [0.1, 0.15) is 23.8 Å². The molecule has 8 aliphatic heterocycles. The highest BCUT2D eigenvalue weighted by Gasteiger charge is 2.68.